The summed E-state index contributed by atoms with van der Waals surface area (Å²) in [5, 5.41) is 40.7. The fourth-order valence-corrected chi connectivity index (χ4v) is 6.68. The molecular formula is C32H49N5O6. The summed E-state index contributed by atoms with van der Waals surface area (Å²) >= 11 is 0. The number of Topliss-reactive ketones (excluding diaryl/α,β-unsaturated/α-hetero) is 1. The second-order valence-electron chi connectivity index (χ2n) is 13.3. The number of rotatable bonds is 6. The Morgan fingerprint density at radius 2 is 1.91 bits per heavy atom. The number of nitrogens with zero attached hydrogens (tertiary/aromatic N) is 5. The van der Waals surface area contributed by atoms with Crippen LogP contribution in [0.4, 0.5) is 0 Å². The SMILES string of the molecule is C/C(=C\c1ccn(Cn2cccn2)n1)[C@@H]1C[C@@H]2N(CCO)[C@]2(C)CCC[C@H](C)[C@H](O)[C@@H](C)C(=O)C(C)(C)[C@@H](O)CC(=O)O1. The second-order valence-corrected chi connectivity index (χ2v) is 13.3. The molecule has 2 aliphatic rings. The number of ether oxygens (including phenoxy) is 1. The number of hydrogen-bond donors (Lipinski definition) is 3. The fraction of sp³-hybridized carbons (Fsp3) is 0.688. The van der Waals surface area contributed by atoms with E-state index in [1.54, 1.807) is 36.3 Å². The van der Waals surface area contributed by atoms with E-state index >= 15 is 0 Å². The molecule has 8 atom stereocenters. The second kappa shape index (κ2) is 13.4. The first-order valence-electron chi connectivity index (χ1n) is 15.4. The van der Waals surface area contributed by atoms with Gasteiger partial charge in [-0.25, -0.2) is 0 Å². The highest BCUT2D eigenvalue weighted by atomic mass is 16.5. The van der Waals surface area contributed by atoms with Crippen LogP contribution in [0.5, 0.6) is 0 Å². The Bertz CT molecular complexity index is 1270. The first kappa shape index (κ1) is 33.0. The lowest BCUT2D eigenvalue weighted by Crippen LogP contribution is -2.45. The molecule has 11 nitrogen and oxygen atoms in total. The Labute approximate surface area is 254 Å². The van der Waals surface area contributed by atoms with Gasteiger partial charge in [0.05, 0.1) is 36.3 Å². The van der Waals surface area contributed by atoms with Crippen LogP contribution in [0.1, 0.15) is 79.3 Å². The van der Waals surface area contributed by atoms with E-state index < -0.39 is 35.6 Å². The number of esters is 1. The van der Waals surface area contributed by atoms with Gasteiger partial charge < -0.3 is 20.1 Å². The number of aromatic nitrogens is 4. The molecule has 2 fully saturated rings. The topological polar surface area (TPSA) is 143 Å². The summed E-state index contributed by atoms with van der Waals surface area (Å²) < 4.78 is 9.58. The maximum absolute atomic E-state index is 13.4. The van der Waals surface area contributed by atoms with Crippen molar-refractivity contribution in [3.8, 4) is 0 Å². The molecule has 238 valence electrons. The molecule has 0 bridgehead atoms. The third-order valence-corrected chi connectivity index (χ3v) is 9.81. The molecule has 4 heterocycles. The lowest BCUT2D eigenvalue weighted by molar-refractivity contribution is -0.154. The molecule has 43 heavy (non-hydrogen) atoms. The van der Waals surface area contributed by atoms with Crippen molar-refractivity contribution in [2.24, 2.45) is 17.3 Å². The molecule has 0 amide bonds. The third kappa shape index (κ3) is 7.45. The summed E-state index contributed by atoms with van der Waals surface area (Å²) in [5.74, 6) is -1.67. The van der Waals surface area contributed by atoms with Crippen LogP contribution in [0, 0.1) is 17.3 Å². The molecule has 2 saturated heterocycles. The van der Waals surface area contributed by atoms with Crippen LogP contribution in [0.3, 0.4) is 0 Å². The number of aliphatic hydroxyl groups excluding tert-OH is 3. The molecule has 0 radical (unpaired) electrons. The minimum Gasteiger partial charge on any atom is -0.458 e. The molecule has 11 heteroatoms. The zero-order valence-electron chi connectivity index (χ0n) is 26.4. The van der Waals surface area contributed by atoms with E-state index in [1.165, 1.54) is 0 Å². The van der Waals surface area contributed by atoms with Gasteiger partial charge in [0.15, 0.2) is 0 Å². The van der Waals surface area contributed by atoms with Crippen molar-refractivity contribution in [1.82, 2.24) is 24.5 Å². The minimum absolute atomic E-state index is 0.0229. The number of fused-ring (bicyclic) bond motifs is 1. The van der Waals surface area contributed by atoms with Crippen LogP contribution >= 0.6 is 0 Å². The van der Waals surface area contributed by atoms with Crippen LogP contribution in [-0.4, -0.2) is 94.6 Å². The highest BCUT2D eigenvalue weighted by molar-refractivity contribution is 5.88. The third-order valence-electron chi connectivity index (χ3n) is 9.81. The van der Waals surface area contributed by atoms with Gasteiger partial charge in [-0.05, 0) is 56.4 Å². The van der Waals surface area contributed by atoms with E-state index in [9.17, 15) is 24.9 Å². The van der Waals surface area contributed by atoms with Crippen LogP contribution in [-0.2, 0) is 21.0 Å². The van der Waals surface area contributed by atoms with Crippen molar-refractivity contribution in [1.29, 1.82) is 0 Å². The summed E-state index contributed by atoms with van der Waals surface area (Å²) in [5.41, 5.74) is 0.0911. The zero-order chi connectivity index (χ0) is 31.5. The lowest BCUT2D eigenvalue weighted by Gasteiger charge is -2.34. The van der Waals surface area contributed by atoms with Crippen molar-refractivity contribution in [2.45, 2.75) is 110 Å². The van der Waals surface area contributed by atoms with Gasteiger partial charge in [0, 0.05) is 49.1 Å². The number of β-amino-alcohol motifs (C(OH)–C–C–N with tert-alkyl or cyclic N) is 1. The molecule has 0 spiro atoms. The number of aliphatic hydroxyl groups is 3. The lowest BCUT2D eigenvalue weighted by atomic mass is 9.73. The van der Waals surface area contributed by atoms with E-state index in [0.717, 1.165) is 24.8 Å². The van der Waals surface area contributed by atoms with Crippen molar-refractivity contribution >= 4 is 17.8 Å². The molecule has 4 rings (SSSR count). The molecule has 0 aromatic carbocycles. The Kier molecular flexibility index (Phi) is 10.3. The molecule has 2 aromatic heterocycles. The number of carbonyl (C=O) groups excluding carboxylic acids is 2. The molecule has 2 aromatic rings. The number of carbonyl (C=O) groups is 2. The molecule has 1 unspecified atom stereocenters. The van der Waals surface area contributed by atoms with Gasteiger partial charge in [0.1, 0.15) is 18.6 Å². The van der Waals surface area contributed by atoms with Crippen molar-refractivity contribution in [2.75, 3.05) is 13.2 Å². The Morgan fingerprint density at radius 1 is 1.16 bits per heavy atom. The Morgan fingerprint density at radius 3 is 2.58 bits per heavy atom. The van der Waals surface area contributed by atoms with Crippen molar-refractivity contribution < 1.29 is 29.6 Å². The quantitative estimate of drug-likeness (QED) is 0.337. The summed E-state index contributed by atoms with van der Waals surface area (Å²) in [6, 6.07) is 3.82. The number of cyclic esters (lactones) is 1. The first-order chi connectivity index (χ1) is 20.3. The normalized spacial score (nSPS) is 34.4. The van der Waals surface area contributed by atoms with Gasteiger partial charge in [0.2, 0.25) is 0 Å². The predicted molar refractivity (Wildman–Crippen MR) is 162 cm³/mol. The van der Waals surface area contributed by atoms with Crippen LogP contribution in [0.15, 0.2) is 36.3 Å². The highest BCUT2D eigenvalue weighted by Gasteiger charge is 2.58. The average molecular weight is 600 g/mol. The molecule has 0 aliphatic carbocycles. The first-order valence-corrected chi connectivity index (χ1v) is 15.4. The van der Waals surface area contributed by atoms with E-state index in [0.29, 0.717) is 25.3 Å². The Balaban J connectivity index is 1.60. The highest BCUT2D eigenvalue weighted by Crippen LogP contribution is 2.48. The summed E-state index contributed by atoms with van der Waals surface area (Å²) in [6.07, 6.45) is 7.24. The van der Waals surface area contributed by atoms with Crippen LogP contribution < -0.4 is 0 Å². The zero-order valence-corrected chi connectivity index (χ0v) is 26.4. The molecule has 0 saturated carbocycles. The van der Waals surface area contributed by atoms with E-state index in [-0.39, 0.29) is 36.3 Å². The average Bonchev–Trinajstić information content (AvgIpc) is 3.38. The summed E-state index contributed by atoms with van der Waals surface area (Å²) in [4.78, 5) is 28.9. The molecule has 3 N–H and O–H groups in total. The number of hydrogen-bond acceptors (Lipinski definition) is 9. The fourth-order valence-electron chi connectivity index (χ4n) is 6.68. The molecule has 2 aliphatic heterocycles. The van der Waals surface area contributed by atoms with Crippen LogP contribution in [0.2, 0.25) is 0 Å². The van der Waals surface area contributed by atoms with Gasteiger partial charge >= 0.3 is 5.97 Å². The van der Waals surface area contributed by atoms with E-state index in [2.05, 4.69) is 22.0 Å². The smallest absolute Gasteiger partial charge is 0.309 e. The Hall–Kier alpha value is -2.86. The van der Waals surface area contributed by atoms with Crippen LogP contribution in [0.25, 0.3) is 6.08 Å². The van der Waals surface area contributed by atoms with Crippen molar-refractivity contribution in [3.63, 3.8) is 0 Å². The van der Waals surface area contributed by atoms with Gasteiger partial charge in [-0.3, -0.25) is 23.9 Å². The van der Waals surface area contributed by atoms with E-state index in [4.69, 9.17) is 4.74 Å². The van der Waals surface area contributed by atoms with Gasteiger partial charge in [0.25, 0.3) is 0 Å². The van der Waals surface area contributed by atoms with E-state index in [1.807, 2.05) is 44.4 Å². The van der Waals surface area contributed by atoms with Gasteiger partial charge in [-0.1, -0.05) is 34.1 Å². The van der Waals surface area contributed by atoms with Gasteiger partial charge in [-0.2, -0.15) is 10.2 Å². The minimum atomic E-state index is -1.27. The predicted octanol–water partition coefficient (Wildman–Crippen LogP) is 2.89. The number of ketones is 1. The molecular weight excluding hydrogens is 550 g/mol. The maximum atomic E-state index is 13.4. The summed E-state index contributed by atoms with van der Waals surface area (Å²) in [7, 11) is 0. The maximum Gasteiger partial charge on any atom is 0.309 e. The summed E-state index contributed by atoms with van der Waals surface area (Å²) in [6.45, 7) is 12.0. The monoisotopic (exact) mass is 599 g/mol. The standard InChI is InChI=1S/C32H49N5O6/c1-21-9-7-11-32(6)26(37(32)15-16-38)18-25(22(2)17-24-10-14-36(34-24)20-35-13-8-12-33-35)43-28(40)19-27(39)31(4,5)30(42)23(3)29(21)41/h8,10,12-14,17,21,23,25-27,29,38-39,41H,7,9,11,15-16,18-20H2,1-6H3/b22-17+/t21-,23+,25-,26-,27-,29-,32+,37?/m0/s1. The van der Waals surface area contributed by atoms with Crippen molar-refractivity contribution in [3.05, 3.63) is 42.0 Å². The largest absolute Gasteiger partial charge is 0.458 e. The van der Waals surface area contributed by atoms with Gasteiger partial charge in [-0.15, -0.1) is 0 Å².